The molecular weight excluding hydrogens is 690 g/mol. The van der Waals surface area contributed by atoms with Crippen LogP contribution in [-0.2, 0) is 35.1 Å². The number of benzene rings is 1. The maximum Gasteiger partial charge on any atom is 0.309 e. The van der Waals surface area contributed by atoms with Crippen LogP contribution in [0.3, 0.4) is 0 Å². The van der Waals surface area contributed by atoms with Gasteiger partial charge in [-0.3, -0.25) is 14.5 Å². The highest BCUT2D eigenvalue weighted by molar-refractivity contribution is 6.30. The minimum atomic E-state index is -1.47. The lowest BCUT2D eigenvalue weighted by Gasteiger charge is -2.39. The Balaban J connectivity index is 1.95. The Kier molecular flexibility index (Phi) is 17.0. The Morgan fingerprint density at radius 3 is 2.54 bits per heavy atom. The Hall–Kier alpha value is -2.61. The summed E-state index contributed by atoms with van der Waals surface area (Å²) >= 11 is 6.16. The number of esters is 2. The molecule has 2 heterocycles. The number of nitrogens with zero attached hydrogens (tertiary/aromatic N) is 1. The fourth-order valence-corrected chi connectivity index (χ4v) is 6.98. The first-order valence-electron chi connectivity index (χ1n) is 18.3. The van der Waals surface area contributed by atoms with Crippen LogP contribution in [0.1, 0.15) is 85.6 Å². The number of epoxide rings is 1. The number of cyclic esters (lactones) is 1. The maximum atomic E-state index is 12.9. The first-order chi connectivity index (χ1) is 24.5. The van der Waals surface area contributed by atoms with E-state index in [4.69, 9.17) is 30.5 Å². The Morgan fingerprint density at radius 2 is 1.92 bits per heavy atom. The monoisotopic (exact) mass is 749 g/mol. The van der Waals surface area contributed by atoms with Crippen LogP contribution in [-0.4, -0.2) is 111 Å². The summed E-state index contributed by atoms with van der Waals surface area (Å²) in [7, 11) is 1.69. The highest BCUT2D eigenvalue weighted by Crippen LogP contribution is 2.39. The second-order valence-corrected chi connectivity index (χ2v) is 15.1. The van der Waals surface area contributed by atoms with E-state index >= 15 is 0 Å². The number of halogens is 1. The molecule has 1 aromatic carbocycles. The summed E-state index contributed by atoms with van der Waals surface area (Å²) in [5.74, 6) is -1.55. The Bertz CT molecular complexity index is 1370. The van der Waals surface area contributed by atoms with Gasteiger partial charge in [0.15, 0.2) is 0 Å². The average Bonchev–Trinajstić information content (AvgIpc) is 3.83. The normalized spacial score (nSPS) is 29.9. The van der Waals surface area contributed by atoms with Crippen LogP contribution in [0.15, 0.2) is 60.2 Å². The third-order valence-corrected chi connectivity index (χ3v) is 10.2. The molecular formula is C40H60ClNO10. The number of hydrogen-bond acceptors (Lipinski definition) is 11. The molecule has 0 saturated carbocycles. The van der Waals surface area contributed by atoms with Crippen LogP contribution in [0.5, 0.6) is 0 Å². The molecule has 292 valence electrons. The van der Waals surface area contributed by atoms with Crippen molar-refractivity contribution < 1.29 is 49.0 Å². The summed E-state index contributed by atoms with van der Waals surface area (Å²) in [6, 6.07) is 7.05. The summed E-state index contributed by atoms with van der Waals surface area (Å²) in [6.07, 6.45) is 7.31. The molecule has 2 aliphatic rings. The van der Waals surface area contributed by atoms with Crippen molar-refractivity contribution in [2.45, 2.75) is 140 Å². The molecule has 0 amide bonds. The SMILES string of the molecule is CCC(CC1OC1C(N(CCCO)Cc1ccc(Cl)cc1)C(C)(O)C=CC=C(C)C1OC(=O)CC(O)CCC(C)(O)C(OC(C)=O)C=CC1C)OC. The van der Waals surface area contributed by atoms with E-state index in [1.54, 1.807) is 44.4 Å². The van der Waals surface area contributed by atoms with Crippen LogP contribution in [0, 0.1) is 5.92 Å². The quantitative estimate of drug-likeness (QED) is 0.0775. The minimum absolute atomic E-state index is 0.0107. The van der Waals surface area contributed by atoms with Crippen molar-refractivity contribution in [3.63, 3.8) is 0 Å². The number of ether oxygens (including phenoxy) is 4. The molecule has 0 aliphatic carbocycles. The topological polar surface area (TPSA) is 159 Å². The van der Waals surface area contributed by atoms with Crippen LogP contribution in [0.25, 0.3) is 0 Å². The van der Waals surface area contributed by atoms with Crippen molar-refractivity contribution in [1.82, 2.24) is 4.90 Å². The van der Waals surface area contributed by atoms with E-state index in [2.05, 4.69) is 11.8 Å². The lowest BCUT2D eigenvalue weighted by molar-refractivity contribution is -0.157. The van der Waals surface area contributed by atoms with Gasteiger partial charge in [0.25, 0.3) is 0 Å². The maximum absolute atomic E-state index is 12.9. The molecule has 4 N–H and O–H groups in total. The van der Waals surface area contributed by atoms with Crippen molar-refractivity contribution in [2.24, 2.45) is 5.92 Å². The van der Waals surface area contributed by atoms with Crippen molar-refractivity contribution in [2.75, 3.05) is 20.3 Å². The highest BCUT2D eigenvalue weighted by Gasteiger charge is 2.53. The van der Waals surface area contributed by atoms with E-state index in [0.717, 1.165) is 12.0 Å². The van der Waals surface area contributed by atoms with E-state index in [1.807, 2.05) is 38.1 Å². The predicted octanol–water partition coefficient (Wildman–Crippen LogP) is 5.06. The van der Waals surface area contributed by atoms with Gasteiger partial charge in [-0.25, -0.2) is 0 Å². The molecule has 0 spiro atoms. The number of aliphatic hydroxyl groups is 4. The van der Waals surface area contributed by atoms with E-state index in [9.17, 15) is 30.0 Å². The lowest BCUT2D eigenvalue weighted by Crippen LogP contribution is -2.54. The molecule has 1 aromatic rings. The number of carbonyl (C=O) groups excluding carboxylic acids is 2. The molecule has 52 heavy (non-hydrogen) atoms. The highest BCUT2D eigenvalue weighted by atomic mass is 35.5. The van der Waals surface area contributed by atoms with Crippen LogP contribution >= 0.6 is 11.6 Å². The Morgan fingerprint density at radius 1 is 1.23 bits per heavy atom. The van der Waals surface area contributed by atoms with Crippen molar-refractivity contribution in [3.05, 3.63) is 70.8 Å². The summed E-state index contributed by atoms with van der Waals surface area (Å²) in [5, 5.41) is 44.3. The van der Waals surface area contributed by atoms with Gasteiger partial charge in [-0.05, 0) is 75.8 Å². The van der Waals surface area contributed by atoms with Gasteiger partial charge >= 0.3 is 11.9 Å². The van der Waals surface area contributed by atoms with Crippen molar-refractivity contribution in [1.29, 1.82) is 0 Å². The van der Waals surface area contributed by atoms with E-state index in [-0.39, 0.29) is 44.2 Å². The Labute approximate surface area is 314 Å². The standard InChI is InChI=1S/C40H60ClNO10/c1-8-32(49-7)24-33-37(51-33)38(42(21-10-22-43)25-29-13-15-30(41)16-14-29)40(6,48)19-9-11-26(2)36-27(3)12-17-34(50-28(4)44)39(5,47)20-18-31(45)23-35(46)52-36/h9,11-17,19,27,31-34,36-38,43,45,47-48H,8,10,18,20-25H2,1-7H3. The zero-order valence-electron chi connectivity index (χ0n) is 31.7. The van der Waals surface area contributed by atoms with Gasteiger partial charge in [0, 0.05) is 51.1 Å². The third-order valence-electron chi connectivity index (χ3n) is 9.97. The molecule has 0 radical (unpaired) electrons. The third kappa shape index (κ3) is 13.4. The molecule has 3 rings (SSSR count). The molecule has 1 saturated heterocycles. The number of hydrogen-bond donors (Lipinski definition) is 4. The van der Waals surface area contributed by atoms with Crippen LogP contribution < -0.4 is 0 Å². The molecule has 10 atom stereocenters. The number of allylic oxidation sites excluding steroid dienone is 2. The van der Waals surface area contributed by atoms with Gasteiger partial charge in [-0.2, -0.15) is 0 Å². The summed E-state index contributed by atoms with van der Waals surface area (Å²) in [5.41, 5.74) is -1.21. The van der Waals surface area contributed by atoms with Gasteiger partial charge in [-0.15, -0.1) is 0 Å². The average molecular weight is 750 g/mol. The zero-order valence-corrected chi connectivity index (χ0v) is 32.5. The molecule has 2 aliphatic heterocycles. The predicted molar refractivity (Wildman–Crippen MR) is 199 cm³/mol. The van der Waals surface area contributed by atoms with Crippen LogP contribution in [0.4, 0.5) is 0 Å². The van der Waals surface area contributed by atoms with Gasteiger partial charge in [-0.1, -0.05) is 61.9 Å². The van der Waals surface area contributed by atoms with Gasteiger partial charge in [0.2, 0.25) is 0 Å². The summed E-state index contributed by atoms with van der Waals surface area (Å²) < 4.78 is 23.2. The van der Waals surface area contributed by atoms with Gasteiger partial charge in [0.1, 0.15) is 23.9 Å². The summed E-state index contributed by atoms with van der Waals surface area (Å²) in [6.45, 7) is 11.2. The van der Waals surface area contributed by atoms with Gasteiger partial charge < -0.3 is 39.4 Å². The lowest BCUT2D eigenvalue weighted by atomic mass is 9.88. The fourth-order valence-electron chi connectivity index (χ4n) is 6.85. The molecule has 1 fully saturated rings. The smallest absolute Gasteiger partial charge is 0.309 e. The summed E-state index contributed by atoms with van der Waals surface area (Å²) in [4.78, 5) is 27.0. The number of carbonyl (C=O) groups is 2. The van der Waals surface area contributed by atoms with E-state index < -0.39 is 53.4 Å². The van der Waals surface area contributed by atoms with Gasteiger partial charge in [0.05, 0.1) is 36.4 Å². The first kappa shape index (κ1) is 43.8. The van der Waals surface area contributed by atoms with E-state index in [0.29, 0.717) is 36.5 Å². The molecule has 11 nitrogen and oxygen atoms in total. The largest absolute Gasteiger partial charge is 0.457 e. The molecule has 10 unspecified atom stereocenters. The number of methoxy groups -OCH3 is 1. The molecule has 12 heteroatoms. The first-order valence-corrected chi connectivity index (χ1v) is 18.7. The number of aliphatic hydroxyl groups excluding tert-OH is 2. The second kappa shape index (κ2) is 20.2. The fraction of sp³-hybridized carbons (Fsp3) is 0.650. The second-order valence-electron chi connectivity index (χ2n) is 14.7. The van der Waals surface area contributed by atoms with E-state index in [1.165, 1.54) is 13.8 Å². The molecule has 0 bridgehead atoms. The van der Waals surface area contributed by atoms with Crippen molar-refractivity contribution >= 4 is 23.5 Å². The zero-order chi connectivity index (χ0) is 38.6. The minimum Gasteiger partial charge on any atom is -0.457 e. The van der Waals surface area contributed by atoms with Crippen LogP contribution in [0.2, 0.25) is 5.02 Å². The number of rotatable bonds is 16. The van der Waals surface area contributed by atoms with Crippen molar-refractivity contribution in [3.8, 4) is 0 Å². The molecule has 0 aromatic heterocycles.